The predicted molar refractivity (Wildman–Crippen MR) is 113 cm³/mol. The SMILES string of the molecule is CC1Cc2cc3c(cc2C(c2ccc(/C=C/C(=O)O)cc2)N1CC(C)(C)F)OCO3. The number of nitrogens with zero attached hydrogens (tertiary/aromatic N) is 1. The third kappa shape index (κ3) is 4.19. The molecule has 0 aliphatic carbocycles. The number of hydrogen-bond donors (Lipinski definition) is 1. The quantitative estimate of drug-likeness (QED) is 0.729. The molecular formula is C24H26FNO4. The summed E-state index contributed by atoms with van der Waals surface area (Å²) in [5.74, 6) is 0.489. The number of aliphatic carboxylic acids is 1. The average molecular weight is 411 g/mol. The van der Waals surface area contributed by atoms with Crippen molar-refractivity contribution in [1.29, 1.82) is 0 Å². The van der Waals surface area contributed by atoms with Crippen molar-refractivity contribution >= 4 is 12.0 Å². The minimum Gasteiger partial charge on any atom is -0.478 e. The largest absolute Gasteiger partial charge is 0.478 e. The van der Waals surface area contributed by atoms with E-state index in [4.69, 9.17) is 14.6 Å². The summed E-state index contributed by atoms with van der Waals surface area (Å²) in [6.07, 6.45) is 3.48. The molecule has 5 nitrogen and oxygen atoms in total. The number of carbonyl (C=O) groups is 1. The maximum atomic E-state index is 14.7. The van der Waals surface area contributed by atoms with Crippen molar-refractivity contribution in [1.82, 2.24) is 4.90 Å². The van der Waals surface area contributed by atoms with E-state index >= 15 is 0 Å². The van der Waals surface area contributed by atoms with Crippen LogP contribution in [0.3, 0.4) is 0 Å². The fourth-order valence-corrected chi connectivity index (χ4v) is 4.31. The number of rotatable bonds is 5. The van der Waals surface area contributed by atoms with E-state index in [1.165, 1.54) is 5.56 Å². The standard InChI is InChI=1S/C24H26FNO4/c1-15-10-18-11-20-21(30-14-29-20)12-19(18)23(26(15)13-24(2,3)25)17-7-4-16(5-8-17)6-9-22(27)28/h4-9,11-12,15,23H,10,13-14H2,1-3H3,(H,27,28)/b9-6+. The Balaban J connectivity index is 1.77. The first kappa shape index (κ1) is 20.4. The van der Waals surface area contributed by atoms with Gasteiger partial charge in [0.25, 0.3) is 0 Å². The molecule has 2 unspecified atom stereocenters. The van der Waals surface area contributed by atoms with Crippen LogP contribution >= 0.6 is 0 Å². The van der Waals surface area contributed by atoms with Gasteiger partial charge in [0.15, 0.2) is 11.5 Å². The zero-order chi connectivity index (χ0) is 21.5. The molecule has 2 aromatic rings. The monoisotopic (exact) mass is 411 g/mol. The molecule has 158 valence electrons. The molecule has 0 radical (unpaired) electrons. The Morgan fingerprint density at radius 2 is 1.90 bits per heavy atom. The maximum absolute atomic E-state index is 14.7. The number of halogens is 1. The summed E-state index contributed by atoms with van der Waals surface area (Å²) >= 11 is 0. The number of carboxylic acid groups (broad SMARTS) is 1. The van der Waals surface area contributed by atoms with Crippen molar-refractivity contribution in [2.24, 2.45) is 0 Å². The normalized spacial score (nSPS) is 21.1. The molecular weight excluding hydrogens is 385 g/mol. The lowest BCUT2D eigenvalue weighted by Crippen LogP contribution is -2.47. The smallest absolute Gasteiger partial charge is 0.328 e. The Morgan fingerprint density at radius 1 is 1.23 bits per heavy atom. The number of benzene rings is 2. The van der Waals surface area contributed by atoms with Crippen molar-refractivity contribution in [2.45, 2.75) is 44.9 Å². The number of carboxylic acids is 1. The molecule has 2 aromatic carbocycles. The van der Waals surface area contributed by atoms with E-state index in [-0.39, 0.29) is 18.9 Å². The van der Waals surface area contributed by atoms with Crippen LogP contribution in [0.15, 0.2) is 42.5 Å². The van der Waals surface area contributed by atoms with Gasteiger partial charge in [0.05, 0.1) is 6.04 Å². The topological polar surface area (TPSA) is 59.0 Å². The fourth-order valence-electron chi connectivity index (χ4n) is 4.31. The third-order valence-electron chi connectivity index (χ3n) is 5.57. The Kier molecular flexibility index (Phi) is 5.28. The molecule has 2 heterocycles. The van der Waals surface area contributed by atoms with Gasteiger partial charge in [-0.05, 0) is 67.7 Å². The number of hydrogen-bond acceptors (Lipinski definition) is 4. The van der Waals surface area contributed by atoms with Gasteiger partial charge in [-0.3, -0.25) is 4.90 Å². The van der Waals surface area contributed by atoms with Gasteiger partial charge in [0.2, 0.25) is 6.79 Å². The van der Waals surface area contributed by atoms with Crippen LogP contribution in [0.2, 0.25) is 0 Å². The molecule has 30 heavy (non-hydrogen) atoms. The molecule has 0 spiro atoms. The second kappa shape index (κ2) is 7.76. The summed E-state index contributed by atoms with van der Waals surface area (Å²) in [6.45, 7) is 5.84. The van der Waals surface area contributed by atoms with Crippen LogP contribution in [0.1, 0.15) is 49.1 Å². The van der Waals surface area contributed by atoms with E-state index in [2.05, 4.69) is 11.8 Å². The molecule has 0 amide bonds. The minimum absolute atomic E-state index is 0.134. The van der Waals surface area contributed by atoms with E-state index in [0.717, 1.165) is 34.9 Å². The number of fused-ring (bicyclic) bond motifs is 2. The van der Waals surface area contributed by atoms with Gasteiger partial charge >= 0.3 is 5.97 Å². The van der Waals surface area contributed by atoms with Crippen LogP contribution in [0.5, 0.6) is 11.5 Å². The lowest BCUT2D eigenvalue weighted by atomic mass is 9.83. The average Bonchev–Trinajstić information content (AvgIpc) is 3.12. The van der Waals surface area contributed by atoms with Crippen molar-refractivity contribution in [3.63, 3.8) is 0 Å². The van der Waals surface area contributed by atoms with E-state index in [1.807, 2.05) is 36.4 Å². The highest BCUT2D eigenvalue weighted by molar-refractivity contribution is 5.85. The molecule has 4 rings (SSSR count). The summed E-state index contributed by atoms with van der Waals surface area (Å²) in [6, 6.07) is 11.8. The second-order valence-electron chi connectivity index (χ2n) is 8.59. The van der Waals surface area contributed by atoms with E-state index in [0.29, 0.717) is 12.3 Å². The van der Waals surface area contributed by atoms with Gasteiger partial charge in [0.1, 0.15) is 5.67 Å². The van der Waals surface area contributed by atoms with Gasteiger partial charge < -0.3 is 14.6 Å². The van der Waals surface area contributed by atoms with Crippen LogP contribution in [0.25, 0.3) is 6.08 Å². The first-order valence-corrected chi connectivity index (χ1v) is 10.1. The lowest BCUT2D eigenvalue weighted by molar-refractivity contribution is -0.131. The van der Waals surface area contributed by atoms with Gasteiger partial charge in [0, 0.05) is 18.7 Å². The molecule has 0 fully saturated rings. The van der Waals surface area contributed by atoms with Crippen LogP contribution in [-0.2, 0) is 11.2 Å². The molecule has 0 saturated heterocycles. The molecule has 0 saturated carbocycles. The molecule has 2 aliphatic heterocycles. The van der Waals surface area contributed by atoms with Crippen LogP contribution in [0.4, 0.5) is 4.39 Å². The van der Waals surface area contributed by atoms with E-state index in [1.54, 1.807) is 19.9 Å². The lowest BCUT2D eigenvalue weighted by Gasteiger charge is -2.44. The first-order valence-electron chi connectivity index (χ1n) is 10.1. The molecule has 1 N–H and O–H groups in total. The Hall–Kier alpha value is -2.86. The summed E-state index contributed by atoms with van der Waals surface area (Å²) in [4.78, 5) is 13.0. The summed E-state index contributed by atoms with van der Waals surface area (Å²) in [5, 5.41) is 8.84. The van der Waals surface area contributed by atoms with Crippen LogP contribution in [0, 0.1) is 0 Å². The van der Waals surface area contributed by atoms with Gasteiger partial charge in [-0.1, -0.05) is 24.3 Å². The zero-order valence-electron chi connectivity index (χ0n) is 17.4. The molecule has 6 heteroatoms. The maximum Gasteiger partial charge on any atom is 0.328 e. The van der Waals surface area contributed by atoms with E-state index < -0.39 is 11.6 Å². The predicted octanol–water partition coefficient (Wildman–Crippen LogP) is 4.60. The first-order chi connectivity index (χ1) is 14.2. The molecule has 2 aliphatic rings. The highest BCUT2D eigenvalue weighted by atomic mass is 19.1. The second-order valence-corrected chi connectivity index (χ2v) is 8.59. The van der Waals surface area contributed by atoms with Gasteiger partial charge in [-0.2, -0.15) is 0 Å². The molecule has 2 atom stereocenters. The Morgan fingerprint density at radius 3 is 2.53 bits per heavy atom. The Labute approximate surface area is 175 Å². The van der Waals surface area contributed by atoms with Crippen molar-refractivity contribution < 1.29 is 23.8 Å². The summed E-state index contributed by atoms with van der Waals surface area (Å²) in [7, 11) is 0. The van der Waals surface area contributed by atoms with Crippen molar-refractivity contribution in [3.8, 4) is 11.5 Å². The number of ether oxygens (including phenoxy) is 2. The molecule has 0 bridgehead atoms. The minimum atomic E-state index is -1.34. The summed E-state index contributed by atoms with van der Waals surface area (Å²) < 4.78 is 25.9. The fraction of sp³-hybridized carbons (Fsp3) is 0.375. The third-order valence-corrected chi connectivity index (χ3v) is 5.57. The van der Waals surface area contributed by atoms with Gasteiger partial charge in [-0.25, -0.2) is 9.18 Å². The number of alkyl halides is 1. The Bertz CT molecular complexity index is 978. The highest BCUT2D eigenvalue weighted by Crippen LogP contribution is 2.44. The van der Waals surface area contributed by atoms with Crippen LogP contribution < -0.4 is 9.47 Å². The van der Waals surface area contributed by atoms with Crippen molar-refractivity contribution in [2.75, 3.05) is 13.3 Å². The molecule has 0 aromatic heterocycles. The van der Waals surface area contributed by atoms with Crippen LogP contribution in [-0.4, -0.2) is 41.0 Å². The summed E-state index contributed by atoms with van der Waals surface area (Å²) in [5.41, 5.74) is 2.76. The zero-order valence-corrected chi connectivity index (χ0v) is 17.4. The van der Waals surface area contributed by atoms with Gasteiger partial charge in [-0.15, -0.1) is 0 Å². The highest BCUT2D eigenvalue weighted by Gasteiger charge is 2.37. The van der Waals surface area contributed by atoms with Crippen molar-refractivity contribution in [3.05, 3.63) is 64.7 Å². The van der Waals surface area contributed by atoms with E-state index in [9.17, 15) is 9.18 Å².